The highest BCUT2D eigenvalue weighted by molar-refractivity contribution is 5.20. The maximum atomic E-state index is 11.9. The summed E-state index contributed by atoms with van der Waals surface area (Å²) in [5.74, 6) is 0.790. The van der Waals surface area contributed by atoms with Crippen molar-refractivity contribution in [1.29, 1.82) is 0 Å². The molecule has 5 nitrogen and oxygen atoms in total. The maximum Gasteiger partial charge on any atom is 0.0852 e. The molecule has 4 fully saturated rings. The third kappa shape index (κ3) is 5.14. The van der Waals surface area contributed by atoms with Crippen molar-refractivity contribution in [2.45, 2.75) is 130 Å². The monoisotopic (exact) mass is 569 g/mol. The van der Waals surface area contributed by atoms with E-state index in [0.29, 0.717) is 12.3 Å². The zero-order valence-electron chi connectivity index (χ0n) is 26.7. The summed E-state index contributed by atoms with van der Waals surface area (Å²) in [6, 6.07) is 10.6. The summed E-state index contributed by atoms with van der Waals surface area (Å²) in [5.41, 5.74) is 0.0774. The molecule has 0 unspecified atom stereocenters. The molecule has 4 aliphatic rings. The second-order valence-electron chi connectivity index (χ2n) is 16.3. The summed E-state index contributed by atoms with van der Waals surface area (Å²) in [5, 5.41) is 49.3. The molecule has 5 heteroatoms. The Kier molecular flexibility index (Phi) is 8.58. The van der Waals surface area contributed by atoms with Gasteiger partial charge in [0.1, 0.15) is 0 Å². The Morgan fingerprint density at radius 2 is 1.51 bits per heavy atom. The number of nitrogens with one attached hydrogen (secondary N) is 1. The second-order valence-corrected chi connectivity index (χ2v) is 16.3. The summed E-state index contributed by atoms with van der Waals surface area (Å²) in [7, 11) is 0. The third-order valence-electron chi connectivity index (χ3n) is 13.8. The first kappa shape index (κ1) is 31.4. The topological polar surface area (TPSA) is 93.0 Å². The van der Waals surface area contributed by atoms with E-state index in [2.05, 4.69) is 70.3 Å². The Hall–Kier alpha value is -0.980. The molecule has 0 amide bonds. The Morgan fingerprint density at radius 1 is 0.854 bits per heavy atom. The Balaban J connectivity index is 1.24. The zero-order chi connectivity index (χ0) is 29.8. The van der Waals surface area contributed by atoms with Gasteiger partial charge in [0.15, 0.2) is 0 Å². The highest BCUT2D eigenvalue weighted by Gasteiger charge is 2.72. The second kappa shape index (κ2) is 11.2. The first-order valence-corrected chi connectivity index (χ1v) is 16.7. The first-order valence-electron chi connectivity index (χ1n) is 16.7. The summed E-state index contributed by atoms with van der Waals surface area (Å²) < 4.78 is 0. The average Bonchev–Trinajstić information content (AvgIpc) is 3.30. The predicted octanol–water partition coefficient (Wildman–Crippen LogP) is 5.73. The summed E-state index contributed by atoms with van der Waals surface area (Å²) in [6.45, 7) is 15.4. The lowest BCUT2D eigenvalue weighted by Crippen LogP contribution is -2.68. The van der Waals surface area contributed by atoms with E-state index in [-0.39, 0.29) is 39.4 Å². The van der Waals surface area contributed by atoms with Gasteiger partial charge < -0.3 is 25.7 Å². The van der Waals surface area contributed by atoms with Crippen LogP contribution in [0.2, 0.25) is 0 Å². The molecule has 4 aliphatic carbocycles. The molecule has 0 radical (unpaired) electrons. The summed E-state index contributed by atoms with van der Waals surface area (Å²) >= 11 is 0. The van der Waals surface area contributed by atoms with Crippen molar-refractivity contribution in [3.05, 3.63) is 35.9 Å². The molecule has 0 saturated heterocycles. The molecule has 0 bridgehead atoms. The fraction of sp³-hybridized carbons (Fsp3) is 0.833. The standard InChI is InChI=1S/C36H59NO4/c1-32(2)28-16-19-34(4)29(33(28,3)23-27(39)31(32)40)22-26(38)30-25(15-18-35(30,34)5)36(6,41)17-11-21-37-20-10-14-24-12-8-7-9-13-24/h7-9,12-13,25-31,37-41H,10-11,14-23H2,1-6H3/t25-,26+,27+,28-,29+,30-,31-,33-,34+,35+,36-/m0/s1. The zero-order valence-corrected chi connectivity index (χ0v) is 26.7. The lowest BCUT2D eigenvalue weighted by atomic mass is 9.35. The quantitative estimate of drug-likeness (QED) is 0.245. The summed E-state index contributed by atoms with van der Waals surface area (Å²) in [6.07, 6.45) is 7.49. The van der Waals surface area contributed by atoms with Crippen LogP contribution in [0.4, 0.5) is 0 Å². The van der Waals surface area contributed by atoms with Crippen molar-refractivity contribution >= 4 is 0 Å². The smallest absolute Gasteiger partial charge is 0.0852 e. The number of aliphatic hydroxyl groups excluding tert-OH is 3. The average molecular weight is 570 g/mol. The van der Waals surface area contributed by atoms with Crippen LogP contribution in [-0.2, 0) is 6.42 Å². The maximum absolute atomic E-state index is 11.9. The fourth-order valence-electron chi connectivity index (χ4n) is 11.5. The number of benzene rings is 1. The van der Waals surface area contributed by atoms with Crippen LogP contribution in [0.25, 0.3) is 0 Å². The molecule has 5 rings (SSSR count). The largest absolute Gasteiger partial charge is 0.393 e. The van der Waals surface area contributed by atoms with Crippen molar-refractivity contribution in [3.8, 4) is 0 Å². The van der Waals surface area contributed by atoms with Crippen LogP contribution in [0.5, 0.6) is 0 Å². The minimum Gasteiger partial charge on any atom is -0.393 e. The molecular formula is C36H59NO4. The van der Waals surface area contributed by atoms with Gasteiger partial charge in [-0.05, 0) is 135 Å². The molecule has 5 N–H and O–H groups in total. The van der Waals surface area contributed by atoms with Crippen molar-refractivity contribution in [1.82, 2.24) is 5.32 Å². The molecule has 1 aromatic carbocycles. The summed E-state index contributed by atoms with van der Waals surface area (Å²) in [4.78, 5) is 0. The minimum atomic E-state index is -0.799. The minimum absolute atomic E-state index is 0.0331. The lowest BCUT2D eigenvalue weighted by molar-refractivity contribution is -0.263. The van der Waals surface area contributed by atoms with Gasteiger partial charge in [-0.1, -0.05) is 65.0 Å². The number of hydrogen-bond acceptors (Lipinski definition) is 5. The van der Waals surface area contributed by atoms with Crippen molar-refractivity contribution < 1.29 is 20.4 Å². The number of aliphatic hydroxyl groups is 4. The van der Waals surface area contributed by atoms with Crippen molar-refractivity contribution in [2.24, 2.45) is 45.3 Å². The van der Waals surface area contributed by atoms with E-state index in [4.69, 9.17) is 0 Å². The fourth-order valence-corrected chi connectivity index (χ4v) is 11.5. The molecule has 4 saturated carbocycles. The SMILES string of the molecule is CC1(C)[C@@H](O)[C@H](O)C[C@]2(C)[C@H]3C[C@@H](O)[C@@H]4[C@@H]([C@@](C)(O)CCCNCCCc5ccccc5)CC[C@@]4(C)[C@]3(C)CC[C@@H]12. The Labute approximate surface area is 249 Å². The van der Waals surface area contributed by atoms with E-state index >= 15 is 0 Å². The van der Waals surface area contributed by atoms with Crippen molar-refractivity contribution in [3.63, 3.8) is 0 Å². The molecule has 0 spiro atoms. The van der Waals surface area contributed by atoms with Crippen molar-refractivity contribution in [2.75, 3.05) is 13.1 Å². The van der Waals surface area contributed by atoms with E-state index < -0.39 is 23.9 Å². The van der Waals surface area contributed by atoms with Gasteiger partial charge in [0.25, 0.3) is 0 Å². The molecule has 0 aromatic heterocycles. The van der Waals surface area contributed by atoms with Crippen LogP contribution in [-0.4, -0.2) is 57.4 Å². The number of hydrogen-bond donors (Lipinski definition) is 5. The van der Waals surface area contributed by atoms with Crippen LogP contribution in [0.1, 0.15) is 105 Å². The van der Waals surface area contributed by atoms with E-state index in [1.807, 2.05) is 6.92 Å². The van der Waals surface area contributed by atoms with E-state index in [0.717, 1.165) is 70.9 Å². The predicted molar refractivity (Wildman–Crippen MR) is 165 cm³/mol. The highest BCUT2D eigenvalue weighted by Crippen LogP contribution is 2.75. The number of rotatable bonds is 9. The van der Waals surface area contributed by atoms with E-state index in [1.54, 1.807) is 0 Å². The van der Waals surface area contributed by atoms with Gasteiger partial charge in [0, 0.05) is 0 Å². The molecular weight excluding hydrogens is 510 g/mol. The lowest BCUT2D eigenvalue weighted by Gasteiger charge is -2.71. The normalized spacial score (nSPS) is 44.9. The van der Waals surface area contributed by atoms with Crippen LogP contribution in [0, 0.1) is 45.3 Å². The van der Waals surface area contributed by atoms with E-state index in [9.17, 15) is 20.4 Å². The number of aryl methyl sites for hydroxylation is 1. The molecule has 232 valence electrons. The molecule has 41 heavy (non-hydrogen) atoms. The van der Waals surface area contributed by atoms with Gasteiger partial charge in [-0.15, -0.1) is 0 Å². The van der Waals surface area contributed by atoms with Gasteiger partial charge in [0.2, 0.25) is 0 Å². The Bertz CT molecular complexity index is 1040. The van der Waals surface area contributed by atoms with Crippen LogP contribution in [0.15, 0.2) is 30.3 Å². The van der Waals surface area contributed by atoms with Crippen LogP contribution in [0.3, 0.4) is 0 Å². The van der Waals surface area contributed by atoms with Gasteiger partial charge in [0.05, 0.1) is 23.9 Å². The molecule has 0 aliphatic heterocycles. The third-order valence-corrected chi connectivity index (χ3v) is 13.8. The van der Waals surface area contributed by atoms with E-state index in [1.165, 1.54) is 5.56 Å². The van der Waals surface area contributed by atoms with Gasteiger partial charge in [-0.3, -0.25) is 0 Å². The molecule has 0 heterocycles. The van der Waals surface area contributed by atoms with Crippen LogP contribution < -0.4 is 5.32 Å². The van der Waals surface area contributed by atoms with Gasteiger partial charge in [-0.2, -0.15) is 0 Å². The Morgan fingerprint density at radius 3 is 2.22 bits per heavy atom. The molecule has 11 atom stereocenters. The molecule has 1 aromatic rings. The first-order chi connectivity index (χ1) is 19.2. The highest BCUT2D eigenvalue weighted by atomic mass is 16.3. The van der Waals surface area contributed by atoms with Gasteiger partial charge >= 0.3 is 0 Å². The van der Waals surface area contributed by atoms with Gasteiger partial charge in [-0.25, -0.2) is 0 Å². The number of fused-ring (bicyclic) bond motifs is 5. The van der Waals surface area contributed by atoms with Crippen LogP contribution >= 0.6 is 0 Å².